The number of hydrogen-bond acceptors (Lipinski definition) is 3. The van der Waals surface area contributed by atoms with Gasteiger partial charge in [-0.15, -0.1) is 11.3 Å². The third kappa shape index (κ3) is 2.48. The fourth-order valence-corrected chi connectivity index (χ4v) is 2.47. The van der Waals surface area contributed by atoms with Gasteiger partial charge >= 0.3 is 6.18 Å². The summed E-state index contributed by atoms with van der Waals surface area (Å²) in [6, 6.07) is 4.40. The summed E-state index contributed by atoms with van der Waals surface area (Å²) < 4.78 is 37.5. The van der Waals surface area contributed by atoms with Crippen LogP contribution in [-0.2, 0) is 6.18 Å². The molecule has 0 unspecified atom stereocenters. The van der Waals surface area contributed by atoms with E-state index in [1.165, 1.54) is 6.07 Å². The first-order chi connectivity index (χ1) is 8.41. The predicted octanol–water partition coefficient (Wildman–Crippen LogP) is 4.18. The average Bonchev–Trinajstić information content (AvgIpc) is 2.77. The molecule has 96 valence electrons. The van der Waals surface area contributed by atoms with E-state index in [2.05, 4.69) is 10.3 Å². The van der Waals surface area contributed by atoms with E-state index in [1.807, 2.05) is 13.0 Å². The highest BCUT2D eigenvalue weighted by Crippen LogP contribution is 2.38. The average molecular weight is 272 g/mol. The van der Waals surface area contributed by atoms with Crippen LogP contribution in [0.25, 0.3) is 10.4 Å². The number of rotatable bonds is 2. The summed E-state index contributed by atoms with van der Waals surface area (Å²) in [4.78, 5) is 4.14. The topological polar surface area (TPSA) is 24.9 Å². The van der Waals surface area contributed by atoms with Crippen LogP contribution in [0.4, 0.5) is 19.0 Å². The number of nitrogens with zero attached hydrogens (tertiary/aromatic N) is 1. The maximum atomic E-state index is 12.5. The van der Waals surface area contributed by atoms with Crippen molar-refractivity contribution in [2.45, 2.75) is 13.1 Å². The molecule has 2 rings (SSSR count). The number of halogens is 3. The van der Waals surface area contributed by atoms with Crippen molar-refractivity contribution < 1.29 is 13.2 Å². The van der Waals surface area contributed by atoms with Crippen molar-refractivity contribution in [3.8, 4) is 10.4 Å². The molecule has 2 aromatic rings. The molecule has 0 atom stereocenters. The van der Waals surface area contributed by atoms with Crippen molar-refractivity contribution in [3.05, 3.63) is 34.8 Å². The van der Waals surface area contributed by atoms with Gasteiger partial charge in [0.15, 0.2) is 0 Å². The number of hydrogen-bond donors (Lipinski definition) is 1. The highest BCUT2D eigenvalue weighted by atomic mass is 32.1. The van der Waals surface area contributed by atoms with E-state index in [0.29, 0.717) is 10.4 Å². The van der Waals surface area contributed by atoms with E-state index < -0.39 is 11.1 Å². The fraction of sp³-hybridized carbons (Fsp3) is 0.250. The second-order valence-corrected chi connectivity index (χ2v) is 4.88. The highest BCUT2D eigenvalue weighted by Gasteiger charge is 2.32. The van der Waals surface area contributed by atoms with Gasteiger partial charge in [-0.25, -0.2) is 4.98 Å². The maximum absolute atomic E-state index is 12.5. The van der Waals surface area contributed by atoms with Gasteiger partial charge in [-0.3, -0.25) is 0 Å². The first kappa shape index (κ1) is 12.9. The second kappa shape index (κ2) is 4.61. The second-order valence-electron chi connectivity index (χ2n) is 3.80. The molecule has 0 saturated carbocycles. The first-order valence-corrected chi connectivity index (χ1v) is 6.05. The Bertz CT molecular complexity index is 561. The van der Waals surface area contributed by atoms with Gasteiger partial charge in [0.1, 0.15) is 10.7 Å². The Morgan fingerprint density at radius 3 is 2.50 bits per heavy atom. The molecule has 0 aliphatic heterocycles. The minimum absolute atomic E-state index is 0.570. The van der Waals surface area contributed by atoms with Gasteiger partial charge in [0, 0.05) is 23.7 Å². The molecule has 2 nitrogen and oxygen atoms in total. The molecule has 0 aliphatic carbocycles. The number of nitrogens with one attached hydrogen (secondary N) is 1. The smallest absolute Gasteiger partial charge is 0.373 e. The summed E-state index contributed by atoms with van der Waals surface area (Å²) in [5.41, 5.74) is 1.60. The van der Waals surface area contributed by atoms with Crippen molar-refractivity contribution >= 4 is 17.2 Å². The Kier molecular flexibility index (Phi) is 3.30. The van der Waals surface area contributed by atoms with Gasteiger partial charge in [0.2, 0.25) is 0 Å². The minimum Gasteiger partial charge on any atom is -0.373 e. The lowest BCUT2D eigenvalue weighted by molar-refractivity contribution is -0.134. The van der Waals surface area contributed by atoms with Crippen LogP contribution in [-0.4, -0.2) is 12.0 Å². The van der Waals surface area contributed by atoms with E-state index in [0.717, 1.165) is 28.8 Å². The SMILES string of the molecule is CNc1ncc(-c2ccc(C(F)(F)F)s2)cc1C. The lowest BCUT2D eigenvalue weighted by Crippen LogP contribution is -2.00. The Balaban J connectivity index is 2.38. The van der Waals surface area contributed by atoms with Crippen LogP contribution in [0.3, 0.4) is 0 Å². The molecule has 0 amide bonds. The van der Waals surface area contributed by atoms with Crippen molar-refractivity contribution in [2.75, 3.05) is 12.4 Å². The predicted molar refractivity (Wildman–Crippen MR) is 66.8 cm³/mol. The maximum Gasteiger partial charge on any atom is 0.425 e. The molecule has 6 heteroatoms. The van der Waals surface area contributed by atoms with Crippen LogP contribution in [0.15, 0.2) is 24.4 Å². The molecule has 0 radical (unpaired) electrons. The third-order valence-electron chi connectivity index (χ3n) is 2.48. The molecule has 0 aliphatic rings. The van der Waals surface area contributed by atoms with Crippen molar-refractivity contribution in [1.29, 1.82) is 0 Å². The lowest BCUT2D eigenvalue weighted by atomic mass is 10.2. The monoisotopic (exact) mass is 272 g/mol. The molecule has 0 fully saturated rings. The van der Waals surface area contributed by atoms with Gasteiger partial charge in [0.05, 0.1) is 0 Å². The molecule has 0 spiro atoms. The highest BCUT2D eigenvalue weighted by molar-refractivity contribution is 7.15. The summed E-state index contributed by atoms with van der Waals surface area (Å²) >= 11 is 0.730. The van der Waals surface area contributed by atoms with Crippen LogP contribution >= 0.6 is 11.3 Å². The molecule has 0 saturated heterocycles. The Hall–Kier alpha value is -1.56. The largest absolute Gasteiger partial charge is 0.425 e. The normalized spacial score (nSPS) is 11.6. The van der Waals surface area contributed by atoms with Crippen LogP contribution in [0, 0.1) is 6.92 Å². The van der Waals surface area contributed by atoms with Crippen LogP contribution in [0.5, 0.6) is 0 Å². The van der Waals surface area contributed by atoms with E-state index in [1.54, 1.807) is 13.2 Å². The minimum atomic E-state index is -4.28. The van der Waals surface area contributed by atoms with Crippen LogP contribution < -0.4 is 5.32 Å². The summed E-state index contributed by atoms with van der Waals surface area (Å²) in [6.07, 6.45) is -2.71. The zero-order chi connectivity index (χ0) is 13.3. The van der Waals surface area contributed by atoms with Gasteiger partial charge in [-0.2, -0.15) is 13.2 Å². The standard InChI is InChI=1S/C12H11F3N2S/c1-7-5-8(6-17-11(7)16-2)9-3-4-10(18-9)12(13,14)15/h3-6H,1-2H3,(H,16,17). The van der Waals surface area contributed by atoms with E-state index >= 15 is 0 Å². The van der Waals surface area contributed by atoms with Gasteiger partial charge in [-0.05, 0) is 30.7 Å². The fourth-order valence-electron chi connectivity index (χ4n) is 1.62. The van der Waals surface area contributed by atoms with Crippen molar-refractivity contribution in [2.24, 2.45) is 0 Å². The quantitative estimate of drug-likeness (QED) is 0.887. The van der Waals surface area contributed by atoms with Crippen molar-refractivity contribution in [3.63, 3.8) is 0 Å². The molecule has 18 heavy (non-hydrogen) atoms. The zero-order valence-corrected chi connectivity index (χ0v) is 10.6. The van der Waals surface area contributed by atoms with Crippen LogP contribution in [0.1, 0.15) is 10.4 Å². The summed E-state index contributed by atoms with van der Waals surface area (Å²) in [7, 11) is 1.75. The number of anilines is 1. The van der Waals surface area contributed by atoms with E-state index in [9.17, 15) is 13.2 Å². The van der Waals surface area contributed by atoms with Crippen LogP contribution in [0.2, 0.25) is 0 Å². The Morgan fingerprint density at radius 2 is 2.00 bits per heavy atom. The molecule has 0 aromatic carbocycles. The van der Waals surface area contributed by atoms with Crippen molar-refractivity contribution in [1.82, 2.24) is 4.98 Å². The van der Waals surface area contributed by atoms with E-state index in [-0.39, 0.29) is 0 Å². The summed E-state index contributed by atoms with van der Waals surface area (Å²) in [6.45, 7) is 1.86. The Morgan fingerprint density at radius 1 is 1.28 bits per heavy atom. The number of thiophene rings is 1. The lowest BCUT2D eigenvalue weighted by Gasteiger charge is -2.05. The number of alkyl halides is 3. The van der Waals surface area contributed by atoms with Gasteiger partial charge < -0.3 is 5.32 Å². The number of pyridine rings is 1. The third-order valence-corrected chi connectivity index (χ3v) is 3.66. The first-order valence-electron chi connectivity index (χ1n) is 5.23. The zero-order valence-electron chi connectivity index (χ0n) is 9.80. The molecular weight excluding hydrogens is 261 g/mol. The molecule has 2 heterocycles. The molecule has 1 N–H and O–H groups in total. The van der Waals surface area contributed by atoms with E-state index in [4.69, 9.17) is 0 Å². The Labute approximate surface area is 106 Å². The number of aromatic nitrogens is 1. The molecular formula is C12H11F3N2S. The van der Waals surface area contributed by atoms with Gasteiger partial charge in [0.25, 0.3) is 0 Å². The molecule has 0 bridgehead atoms. The summed E-state index contributed by atoms with van der Waals surface area (Å²) in [5.74, 6) is 0.728. The number of aryl methyl sites for hydroxylation is 1. The van der Waals surface area contributed by atoms with Gasteiger partial charge in [-0.1, -0.05) is 0 Å². The summed E-state index contributed by atoms with van der Waals surface area (Å²) in [5, 5.41) is 2.92. The molecule has 2 aromatic heterocycles.